The first-order valence-corrected chi connectivity index (χ1v) is 13.8. The molecule has 6 aromatic carbocycles. The van der Waals surface area contributed by atoms with Crippen molar-refractivity contribution >= 4 is 43.7 Å². The van der Waals surface area contributed by atoms with Crippen molar-refractivity contribution < 1.29 is 18.1 Å². The number of aromatic nitrogens is 4. The lowest BCUT2D eigenvalue weighted by Crippen LogP contribution is -2.00. The van der Waals surface area contributed by atoms with Crippen molar-refractivity contribution in [3.05, 3.63) is 145 Å². The largest absolute Gasteiger partial charge is 0.456 e. The van der Waals surface area contributed by atoms with Gasteiger partial charge in [-0.1, -0.05) is 96.8 Å². The van der Waals surface area contributed by atoms with Gasteiger partial charge in [0.15, 0.2) is 17.5 Å². The molecule has 5 heteroatoms. The second kappa shape index (κ2) is 9.75. The molecule has 9 aromatic rings. The molecule has 44 heavy (non-hydrogen) atoms. The zero-order valence-electron chi connectivity index (χ0n) is 32.8. The van der Waals surface area contributed by atoms with Crippen molar-refractivity contribution in [2.45, 2.75) is 0 Å². The highest BCUT2D eigenvalue weighted by molar-refractivity contribution is 6.24. The summed E-state index contributed by atoms with van der Waals surface area (Å²) in [5.41, 5.74) is 4.02. The lowest BCUT2D eigenvalue weighted by Gasteiger charge is -2.11. The normalized spacial score (nSPS) is 14.8. The van der Waals surface area contributed by atoms with Gasteiger partial charge in [0.25, 0.3) is 0 Å². The van der Waals surface area contributed by atoms with Crippen molar-refractivity contribution in [3.8, 4) is 39.9 Å². The molecule has 0 saturated carbocycles. The van der Waals surface area contributed by atoms with Gasteiger partial charge in [0.05, 0.1) is 30.1 Å². The SMILES string of the molecule is [2H]c1c([2H])c([2H])c(-c2nc(-c3ccc(-n4c5ccccc5c5ccc6oc7ccccc7c6c54)cc3)nc(-c3c([2H])c([2H])c([2H])c([2H])c3[2H])n2)c([2H])c1[2H]. The van der Waals surface area contributed by atoms with Gasteiger partial charge in [-0.3, -0.25) is 0 Å². The van der Waals surface area contributed by atoms with E-state index in [-0.39, 0.29) is 28.6 Å². The number of hydrogen-bond donors (Lipinski definition) is 0. The van der Waals surface area contributed by atoms with Crippen LogP contribution >= 0.6 is 0 Å². The van der Waals surface area contributed by atoms with Crippen LogP contribution in [0, 0.1) is 0 Å². The summed E-state index contributed by atoms with van der Waals surface area (Å²) in [5, 5.41) is 4.03. The van der Waals surface area contributed by atoms with Crippen LogP contribution < -0.4 is 0 Å². The lowest BCUT2D eigenvalue weighted by atomic mass is 10.1. The number of furan rings is 1. The van der Waals surface area contributed by atoms with E-state index in [4.69, 9.17) is 18.1 Å². The summed E-state index contributed by atoms with van der Waals surface area (Å²) in [6.45, 7) is 0. The van der Waals surface area contributed by atoms with Crippen LogP contribution in [0.4, 0.5) is 0 Å². The van der Waals surface area contributed by atoms with Gasteiger partial charge in [-0.05, 0) is 48.5 Å². The molecular formula is C39H24N4O. The van der Waals surface area contributed by atoms with Crippen LogP contribution in [0.1, 0.15) is 13.7 Å². The topological polar surface area (TPSA) is 56.7 Å². The monoisotopic (exact) mass is 574 g/mol. The Balaban J connectivity index is 1.29. The molecule has 0 amide bonds. The summed E-state index contributed by atoms with van der Waals surface area (Å²) in [6, 6.07) is 21.4. The third kappa shape index (κ3) is 3.83. The Labute approximate surface area is 266 Å². The molecule has 0 N–H and O–H groups in total. The number of rotatable bonds is 4. The lowest BCUT2D eigenvalue weighted by molar-refractivity contribution is 0.669. The molecule has 3 heterocycles. The van der Waals surface area contributed by atoms with Crippen LogP contribution in [0.3, 0.4) is 0 Å². The minimum Gasteiger partial charge on any atom is -0.456 e. The van der Waals surface area contributed by atoms with E-state index in [9.17, 15) is 0 Å². The van der Waals surface area contributed by atoms with Crippen molar-refractivity contribution in [2.75, 3.05) is 0 Å². The van der Waals surface area contributed by atoms with Gasteiger partial charge in [0.2, 0.25) is 0 Å². The first kappa shape index (κ1) is 16.5. The van der Waals surface area contributed by atoms with Crippen molar-refractivity contribution in [1.82, 2.24) is 19.5 Å². The van der Waals surface area contributed by atoms with E-state index in [1.807, 2.05) is 60.7 Å². The number of benzene rings is 6. The van der Waals surface area contributed by atoms with E-state index in [0.717, 1.165) is 49.4 Å². The fraction of sp³-hybridized carbons (Fsp3) is 0. The maximum atomic E-state index is 8.60. The Morgan fingerprint density at radius 3 is 1.77 bits per heavy atom. The molecule has 0 unspecified atom stereocenters. The number of hydrogen-bond acceptors (Lipinski definition) is 4. The zero-order chi connectivity index (χ0) is 37.7. The van der Waals surface area contributed by atoms with Crippen LogP contribution in [-0.2, 0) is 0 Å². The highest BCUT2D eigenvalue weighted by Gasteiger charge is 2.19. The Kier molecular flexibility index (Phi) is 3.66. The van der Waals surface area contributed by atoms with Gasteiger partial charge in [0.1, 0.15) is 11.2 Å². The zero-order valence-corrected chi connectivity index (χ0v) is 22.8. The molecule has 5 nitrogen and oxygen atoms in total. The smallest absolute Gasteiger partial charge is 0.164 e. The van der Waals surface area contributed by atoms with E-state index < -0.39 is 60.4 Å². The van der Waals surface area contributed by atoms with Gasteiger partial charge >= 0.3 is 0 Å². The third-order valence-corrected chi connectivity index (χ3v) is 7.64. The average Bonchev–Trinajstić information content (AvgIpc) is 3.74. The average molecular weight is 575 g/mol. The molecule has 0 fully saturated rings. The molecule has 0 saturated heterocycles. The van der Waals surface area contributed by atoms with E-state index >= 15 is 0 Å². The molecule has 0 bridgehead atoms. The van der Waals surface area contributed by atoms with E-state index in [2.05, 4.69) is 31.7 Å². The Hall–Kier alpha value is -6.07. The minimum absolute atomic E-state index is 0.00869. The predicted octanol–water partition coefficient (Wildman–Crippen LogP) is 9.87. The highest BCUT2D eigenvalue weighted by atomic mass is 16.3. The first-order chi connectivity index (χ1) is 26.0. The summed E-state index contributed by atoms with van der Waals surface area (Å²) in [7, 11) is 0. The van der Waals surface area contributed by atoms with Gasteiger partial charge in [0, 0.05) is 38.5 Å². The van der Waals surface area contributed by atoms with Crippen LogP contribution in [-0.4, -0.2) is 19.5 Å². The molecule has 0 aliphatic heterocycles. The molecule has 206 valence electrons. The number of nitrogens with zero attached hydrogens (tertiary/aromatic N) is 4. The molecule has 0 aliphatic rings. The summed E-state index contributed by atoms with van der Waals surface area (Å²) in [5.74, 6) is -0.648. The minimum atomic E-state index is -0.604. The molecule has 0 radical (unpaired) electrons. The first-order valence-electron chi connectivity index (χ1n) is 18.8. The maximum absolute atomic E-state index is 8.60. The summed E-state index contributed by atoms with van der Waals surface area (Å²) < 4.78 is 91.9. The van der Waals surface area contributed by atoms with Gasteiger partial charge in [-0.15, -0.1) is 0 Å². The van der Waals surface area contributed by atoms with Gasteiger partial charge in [-0.25, -0.2) is 15.0 Å². The predicted molar refractivity (Wildman–Crippen MR) is 178 cm³/mol. The Bertz CT molecular complexity index is 2920. The summed E-state index contributed by atoms with van der Waals surface area (Å²) >= 11 is 0. The van der Waals surface area contributed by atoms with Crippen molar-refractivity contribution in [3.63, 3.8) is 0 Å². The summed E-state index contributed by atoms with van der Waals surface area (Å²) in [4.78, 5) is 13.5. The van der Waals surface area contributed by atoms with E-state index in [1.165, 1.54) is 0 Å². The van der Waals surface area contributed by atoms with Crippen molar-refractivity contribution in [2.24, 2.45) is 0 Å². The van der Waals surface area contributed by atoms with Crippen molar-refractivity contribution in [1.29, 1.82) is 0 Å². The maximum Gasteiger partial charge on any atom is 0.164 e. The molecule has 0 spiro atoms. The fourth-order valence-corrected chi connectivity index (χ4v) is 5.75. The van der Waals surface area contributed by atoms with Crippen LogP contribution in [0.2, 0.25) is 0 Å². The van der Waals surface area contributed by atoms with Gasteiger partial charge in [-0.2, -0.15) is 0 Å². The molecule has 0 aliphatic carbocycles. The summed E-state index contributed by atoms with van der Waals surface area (Å²) in [6.07, 6.45) is 0. The standard InChI is InChI=1S/C39H24N4O/c1-3-11-25(12-4-1)37-40-38(26-13-5-2-6-14-26)42-39(41-37)27-19-21-28(22-20-27)43-32-17-9-7-15-29(32)30-23-24-34-35(36(30)43)31-16-8-10-18-33(31)44-34/h1-24H/i1D,2D,3D,4D,5D,6D,11D,12D,13D,14D. The Morgan fingerprint density at radius 1 is 0.500 bits per heavy atom. The number of para-hydroxylation sites is 2. The van der Waals surface area contributed by atoms with Gasteiger partial charge < -0.3 is 8.98 Å². The quantitative estimate of drug-likeness (QED) is 0.210. The molecule has 0 atom stereocenters. The van der Waals surface area contributed by atoms with E-state index in [1.54, 1.807) is 12.1 Å². The third-order valence-electron chi connectivity index (χ3n) is 7.64. The molecular weight excluding hydrogens is 540 g/mol. The van der Waals surface area contributed by atoms with Crippen LogP contribution in [0.25, 0.3) is 83.6 Å². The van der Waals surface area contributed by atoms with E-state index in [0.29, 0.717) is 5.56 Å². The highest BCUT2D eigenvalue weighted by Crippen LogP contribution is 2.40. The second-order valence-corrected chi connectivity index (χ2v) is 10.1. The Morgan fingerprint density at radius 2 is 1.09 bits per heavy atom. The fourth-order valence-electron chi connectivity index (χ4n) is 5.75. The van der Waals surface area contributed by atoms with Crippen LogP contribution in [0.5, 0.6) is 0 Å². The molecule has 9 rings (SSSR count). The second-order valence-electron chi connectivity index (χ2n) is 10.1. The van der Waals surface area contributed by atoms with Crippen LogP contribution in [0.15, 0.2) is 150 Å². The molecule has 3 aromatic heterocycles. The number of fused-ring (bicyclic) bond motifs is 7.